The summed E-state index contributed by atoms with van der Waals surface area (Å²) in [6.45, 7) is 8.86. The van der Waals surface area contributed by atoms with E-state index in [1.807, 2.05) is 24.3 Å². The number of nitro groups is 1. The topological polar surface area (TPSA) is 120 Å². The maximum absolute atomic E-state index is 13.4. The zero-order chi connectivity index (χ0) is 25.8. The number of aryl methyl sites for hydroxylation is 1. The van der Waals surface area contributed by atoms with Gasteiger partial charge in [0.25, 0.3) is 17.5 Å². The lowest BCUT2D eigenvalue weighted by molar-refractivity contribution is -0.384. The number of nitrogens with one attached hydrogen (secondary N) is 3. The highest BCUT2D eigenvalue weighted by atomic mass is 16.6. The van der Waals surface area contributed by atoms with Crippen LogP contribution in [-0.4, -0.2) is 52.8 Å². The molecule has 2 aromatic carbocycles. The number of aromatic amines is 1. The van der Waals surface area contributed by atoms with Crippen molar-refractivity contribution in [3.63, 3.8) is 0 Å². The number of hydrogen-bond acceptors (Lipinski definition) is 5. The summed E-state index contributed by atoms with van der Waals surface area (Å²) in [4.78, 5) is 42.6. The number of carbonyl (C=O) groups excluding carboxylic acids is 2. The molecule has 0 fully saturated rings. The summed E-state index contributed by atoms with van der Waals surface area (Å²) < 4.78 is 0. The summed E-state index contributed by atoms with van der Waals surface area (Å²) in [6.07, 6.45) is 1.70. The van der Waals surface area contributed by atoms with Gasteiger partial charge in [-0.1, -0.05) is 44.2 Å². The summed E-state index contributed by atoms with van der Waals surface area (Å²) in [5.74, 6) is -0.531. The smallest absolute Gasteiger partial charge is 0.270 e. The normalized spacial score (nSPS) is 13.7. The first-order chi connectivity index (χ1) is 17.3. The molecule has 0 saturated carbocycles. The second-order valence-electron chi connectivity index (χ2n) is 8.56. The number of nitrogens with zero attached hydrogens (tertiary/aromatic N) is 2. The summed E-state index contributed by atoms with van der Waals surface area (Å²) >= 11 is 0. The van der Waals surface area contributed by atoms with Crippen LogP contribution in [0.15, 0.2) is 48.5 Å². The SMILES string of the molecule is CCN(CC)CCNC(=O)c1c(C)[nH]c(/C=C2\C(=O)Nc3ccccc32)c1-c1cccc([N+](=O)[O-])c1. The van der Waals surface area contributed by atoms with Crippen molar-refractivity contribution in [3.05, 3.63) is 81.2 Å². The van der Waals surface area contributed by atoms with Gasteiger partial charge in [-0.05, 0) is 37.7 Å². The Kier molecular flexibility index (Phi) is 7.30. The summed E-state index contributed by atoms with van der Waals surface area (Å²) in [6, 6.07) is 13.5. The molecule has 3 N–H and O–H groups in total. The number of nitro benzene ring substituents is 1. The van der Waals surface area contributed by atoms with Gasteiger partial charge in [-0.3, -0.25) is 19.7 Å². The molecule has 0 atom stereocenters. The number of non-ortho nitro benzene ring substituents is 1. The predicted molar refractivity (Wildman–Crippen MR) is 141 cm³/mol. The van der Waals surface area contributed by atoms with E-state index in [4.69, 9.17) is 0 Å². The minimum Gasteiger partial charge on any atom is -0.358 e. The number of fused-ring (bicyclic) bond motifs is 1. The van der Waals surface area contributed by atoms with Gasteiger partial charge in [0, 0.05) is 53.4 Å². The van der Waals surface area contributed by atoms with Gasteiger partial charge in [-0.2, -0.15) is 0 Å². The number of anilines is 1. The Morgan fingerprint density at radius 1 is 1.14 bits per heavy atom. The Labute approximate surface area is 209 Å². The van der Waals surface area contributed by atoms with E-state index >= 15 is 0 Å². The van der Waals surface area contributed by atoms with Crippen LogP contribution in [0.5, 0.6) is 0 Å². The average molecular weight is 488 g/mol. The maximum atomic E-state index is 13.4. The molecule has 4 rings (SSSR count). The van der Waals surface area contributed by atoms with Crippen LogP contribution in [-0.2, 0) is 4.79 Å². The molecular formula is C27H29N5O4. The molecule has 0 bridgehead atoms. The van der Waals surface area contributed by atoms with Crippen LogP contribution in [0.1, 0.15) is 41.2 Å². The van der Waals surface area contributed by atoms with Gasteiger partial charge in [0.2, 0.25) is 0 Å². The molecule has 0 unspecified atom stereocenters. The van der Waals surface area contributed by atoms with Gasteiger partial charge in [0.15, 0.2) is 0 Å². The molecule has 0 aliphatic carbocycles. The standard InChI is InChI=1S/C27H29N5O4/c1-4-31(5-2)14-13-28-27(34)24-17(3)29-23(25(24)18-9-8-10-19(15-18)32(35)36)16-21-20-11-6-7-12-22(20)30-26(21)33/h6-12,15-16,29H,4-5,13-14H2,1-3H3,(H,28,34)(H,30,33)/b21-16-. The molecule has 2 heterocycles. The number of amides is 2. The van der Waals surface area contributed by atoms with Crippen LogP contribution < -0.4 is 10.6 Å². The number of hydrogen-bond donors (Lipinski definition) is 3. The Hall–Kier alpha value is -4.24. The number of H-pyrrole nitrogens is 1. The van der Waals surface area contributed by atoms with Gasteiger partial charge >= 0.3 is 0 Å². The molecule has 36 heavy (non-hydrogen) atoms. The molecular weight excluding hydrogens is 458 g/mol. The van der Waals surface area contributed by atoms with Gasteiger partial charge < -0.3 is 20.5 Å². The summed E-state index contributed by atoms with van der Waals surface area (Å²) in [7, 11) is 0. The van der Waals surface area contributed by atoms with E-state index in [9.17, 15) is 19.7 Å². The molecule has 1 aromatic heterocycles. The molecule has 0 saturated heterocycles. The van der Waals surface area contributed by atoms with Crippen molar-refractivity contribution in [2.45, 2.75) is 20.8 Å². The molecule has 186 valence electrons. The zero-order valence-corrected chi connectivity index (χ0v) is 20.6. The van der Waals surface area contributed by atoms with Crippen molar-refractivity contribution in [1.29, 1.82) is 0 Å². The Morgan fingerprint density at radius 3 is 2.61 bits per heavy atom. The van der Waals surface area contributed by atoms with E-state index in [0.29, 0.717) is 52.4 Å². The maximum Gasteiger partial charge on any atom is 0.270 e. The number of para-hydroxylation sites is 1. The van der Waals surface area contributed by atoms with Gasteiger partial charge in [-0.25, -0.2) is 0 Å². The molecule has 1 aliphatic heterocycles. The third kappa shape index (κ3) is 4.92. The highest BCUT2D eigenvalue weighted by Gasteiger charge is 2.27. The molecule has 9 heteroatoms. The fraction of sp³-hybridized carbons (Fsp3) is 0.259. The summed E-state index contributed by atoms with van der Waals surface area (Å²) in [5.41, 5.74) is 4.40. The van der Waals surface area contributed by atoms with Gasteiger partial charge in [0.05, 0.1) is 16.1 Å². The van der Waals surface area contributed by atoms with Gasteiger partial charge in [0.1, 0.15) is 0 Å². The van der Waals surface area contributed by atoms with Crippen LogP contribution in [0.3, 0.4) is 0 Å². The summed E-state index contributed by atoms with van der Waals surface area (Å²) in [5, 5.41) is 17.3. The predicted octanol–water partition coefficient (Wildman–Crippen LogP) is 4.46. The molecule has 0 radical (unpaired) electrons. The lowest BCUT2D eigenvalue weighted by atomic mass is 9.97. The van der Waals surface area contributed by atoms with Crippen LogP contribution in [0.4, 0.5) is 11.4 Å². The Balaban J connectivity index is 1.80. The first-order valence-corrected chi connectivity index (χ1v) is 11.9. The van der Waals surface area contributed by atoms with Crippen molar-refractivity contribution in [1.82, 2.24) is 15.2 Å². The Morgan fingerprint density at radius 2 is 1.89 bits per heavy atom. The fourth-order valence-corrected chi connectivity index (χ4v) is 4.50. The third-order valence-corrected chi connectivity index (χ3v) is 6.40. The lowest BCUT2D eigenvalue weighted by Gasteiger charge is -2.18. The quantitative estimate of drug-likeness (QED) is 0.234. The van der Waals surface area contributed by atoms with Crippen molar-refractivity contribution in [2.75, 3.05) is 31.5 Å². The second-order valence-corrected chi connectivity index (χ2v) is 8.56. The molecule has 1 aliphatic rings. The first-order valence-electron chi connectivity index (χ1n) is 11.9. The third-order valence-electron chi connectivity index (χ3n) is 6.40. The monoisotopic (exact) mass is 487 g/mol. The first kappa shape index (κ1) is 24.9. The van der Waals surface area contributed by atoms with Crippen molar-refractivity contribution in [2.24, 2.45) is 0 Å². The van der Waals surface area contributed by atoms with Gasteiger partial charge in [-0.15, -0.1) is 0 Å². The van der Waals surface area contributed by atoms with E-state index in [-0.39, 0.29) is 17.5 Å². The number of carbonyl (C=O) groups is 2. The number of aromatic nitrogens is 1. The molecule has 9 nitrogen and oxygen atoms in total. The van der Waals surface area contributed by atoms with E-state index in [1.165, 1.54) is 12.1 Å². The van der Waals surface area contributed by atoms with E-state index < -0.39 is 4.92 Å². The van der Waals surface area contributed by atoms with E-state index in [0.717, 1.165) is 18.7 Å². The number of benzene rings is 2. The van der Waals surface area contributed by atoms with E-state index in [2.05, 4.69) is 34.4 Å². The number of likely N-dealkylation sites (N-methyl/N-ethyl adjacent to an activating group) is 1. The highest BCUT2D eigenvalue weighted by molar-refractivity contribution is 6.35. The van der Waals surface area contributed by atoms with Crippen molar-refractivity contribution in [3.8, 4) is 11.1 Å². The van der Waals surface area contributed by atoms with Crippen molar-refractivity contribution >= 4 is 34.8 Å². The Bertz CT molecular complexity index is 1350. The molecule has 2 amide bonds. The zero-order valence-electron chi connectivity index (χ0n) is 20.6. The largest absolute Gasteiger partial charge is 0.358 e. The van der Waals surface area contributed by atoms with Crippen LogP contribution in [0.25, 0.3) is 22.8 Å². The molecule has 3 aromatic rings. The van der Waals surface area contributed by atoms with Crippen LogP contribution in [0.2, 0.25) is 0 Å². The fourth-order valence-electron chi connectivity index (χ4n) is 4.50. The van der Waals surface area contributed by atoms with E-state index in [1.54, 1.807) is 25.1 Å². The lowest BCUT2D eigenvalue weighted by Crippen LogP contribution is -2.35. The second kappa shape index (κ2) is 10.6. The number of rotatable bonds is 9. The highest BCUT2D eigenvalue weighted by Crippen LogP contribution is 2.37. The minimum atomic E-state index is -0.467. The van der Waals surface area contributed by atoms with Crippen LogP contribution in [0, 0.1) is 17.0 Å². The average Bonchev–Trinajstić information content (AvgIpc) is 3.37. The van der Waals surface area contributed by atoms with Crippen LogP contribution >= 0.6 is 0 Å². The van der Waals surface area contributed by atoms with Crippen molar-refractivity contribution < 1.29 is 14.5 Å². The minimum absolute atomic E-state index is 0.0817. The molecule has 0 spiro atoms.